The molecule has 0 aromatic carbocycles. The molecule has 10 heavy (non-hydrogen) atoms. The van der Waals surface area contributed by atoms with Gasteiger partial charge in [-0.1, -0.05) is 0 Å². The van der Waals surface area contributed by atoms with Gasteiger partial charge in [0.1, 0.15) is 6.08 Å². The van der Waals surface area contributed by atoms with Crippen LogP contribution in [0.15, 0.2) is 0 Å². The highest BCUT2D eigenvalue weighted by Gasteiger charge is 2.41. The fourth-order valence-electron chi connectivity index (χ4n) is 0.469. The number of aliphatic hydroxyl groups is 3. The topological polar surface area (TPSA) is 87.0 Å². The Morgan fingerprint density at radius 2 is 2.40 bits per heavy atom. The molecule has 3 N–H and O–H groups in total. The molecule has 5 nitrogen and oxygen atoms in total. The van der Waals surface area contributed by atoms with Crippen LogP contribution < -0.4 is 0 Å². The predicted molar refractivity (Wildman–Crippen MR) is 29.0 cm³/mol. The van der Waals surface area contributed by atoms with Gasteiger partial charge in [-0.2, -0.15) is 0 Å². The summed E-state index contributed by atoms with van der Waals surface area (Å²) in [6.45, 7) is -3.61. The molecule has 1 rings (SSSR count). The molecule has 0 radical (unpaired) electrons. The summed E-state index contributed by atoms with van der Waals surface area (Å²) >= 11 is 0. The molecule has 0 aromatic rings. The van der Waals surface area contributed by atoms with Gasteiger partial charge in [-0.25, -0.2) is 4.79 Å². The van der Waals surface area contributed by atoms with Gasteiger partial charge in [0.15, 0.2) is 12.2 Å². The first kappa shape index (κ1) is 3.17. The van der Waals surface area contributed by atoms with Crippen molar-refractivity contribution < 1.29 is 31.7 Å². The lowest BCUT2D eigenvalue weighted by molar-refractivity contribution is -0.148. The second-order valence-electron chi connectivity index (χ2n) is 1.53. The van der Waals surface area contributed by atoms with Crippen molar-refractivity contribution in [2.45, 2.75) is 18.2 Å². The Kier molecular flexibility index (Phi) is 0.801. The van der Waals surface area contributed by atoms with Crippen LogP contribution in [0.4, 0.5) is 0 Å². The van der Waals surface area contributed by atoms with Crippen molar-refractivity contribution in [1.82, 2.24) is 0 Å². The monoisotopic (exact) mass is 153 g/mol. The van der Waals surface area contributed by atoms with Gasteiger partial charge in [0.05, 0.1) is 13.4 Å². The molecule has 5 heteroatoms. The lowest BCUT2D eigenvalue weighted by Crippen LogP contribution is -2.32. The third-order valence-corrected chi connectivity index (χ3v) is 0.929. The van der Waals surface area contributed by atoms with Crippen LogP contribution in [-0.4, -0.2) is 46.1 Å². The zero-order chi connectivity index (χ0) is 12.3. The second kappa shape index (κ2) is 2.53. The maximum atomic E-state index is 10.8. The summed E-state index contributed by atoms with van der Waals surface area (Å²) in [6, 6.07) is 0. The first-order valence-electron chi connectivity index (χ1n) is 4.78. The molecule has 0 spiro atoms. The lowest BCUT2D eigenvalue weighted by Gasteiger charge is -2.08. The molecule has 3 atom stereocenters. The van der Waals surface area contributed by atoms with Gasteiger partial charge in [0.2, 0.25) is 0 Å². The molecule has 1 aliphatic heterocycles. The smallest absolute Gasteiger partial charge is 0.338 e. The van der Waals surface area contributed by atoms with Gasteiger partial charge in [-0.15, -0.1) is 0 Å². The second-order valence-corrected chi connectivity index (χ2v) is 1.53. The Hall–Kier alpha value is -0.650. The lowest BCUT2D eigenvalue weighted by atomic mass is 10.1. The van der Waals surface area contributed by atoms with E-state index in [4.69, 9.17) is 17.1 Å². The van der Waals surface area contributed by atoms with Crippen molar-refractivity contribution >= 4 is 5.97 Å². The molecule has 1 heterocycles. The van der Waals surface area contributed by atoms with Gasteiger partial charge < -0.3 is 20.1 Å². The van der Waals surface area contributed by atoms with Gasteiger partial charge in [0, 0.05) is 0 Å². The van der Waals surface area contributed by atoms with Crippen LogP contribution in [0.1, 0.15) is 6.85 Å². The van der Waals surface area contributed by atoms with E-state index in [1.165, 1.54) is 0 Å². The first-order chi connectivity index (χ1) is 6.38. The summed E-state index contributed by atoms with van der Waals surface area (Å²) in [7, 11) is 0. The maximum absolute atomic E-state index is 10.8. The van der Waals surface area contributed by atoms with E-state index in [1.807, 2.05) is 0 Å². The van der Waals surface area contributed by atoms with Crippen LogP contribution in [0, 0.1) is 0 Å². The summed E-state index contributed by atoms with van der Waals surface area (Å²) in [5, 5.41) is 27.1. The summed E-state index contributed by atoms with van der Waals surface area (Å²) in [4.78, 5) is 10.8. The average molecular weight is 153 g/mol. The van der Waals surface area contributed by atoms with Crippen LogP contribution in [0.25, 0.3) is 0 Å². The van der Waals surface area contributed by atoms with E-state index in [2.05, 4.69) is 4.74 Å². The zero-order valence-corrected chi connectivity index (χ0v) is 4.66. The van der Waals surface area contributed by atoms with Crippen molar-refractivity contribution in [3.05, 3.63) is 0 Å². The summed E-state index contributed by atoms with van der Waals surface area (Å²) in [5.41, 5.74) is 0. The molecule has 0 saturated carbocycles. The Morgan fingerprint density at radius 3 is 2.60 bits per heavy atom. The molecule has 1 aliphatic rings. The standard InChI is InChI=1S/C5H8O5/c6-1-2-3(7)4(8)5(9)10-2/h2-4,6-8H,1H2/i1D2,2D,3D,4D. The zero-order valence-electron chi connectivity index (χ0n) is 9.66. The quantitative estimate of drug-likeness (QED) is 0.366. The van der Waals surface area contributed by atoms with E-state index in [9.17, 15) is 9.90 Å². The van der Waals surface area contributed by atoms with Gasteiger partial charge >= 0.3 is 5.97 Å². The largest absolute Gasteiger partial charge is 0.455 e. The number of hydrogen-bond acceptors (Lipinski definition) is 5. The van der Waals surface area contributed by atoms with Crippen molar-refractivity contribution in [3.8, 4) is 0 Å². The highest BCUT2D eigenvalue weighted by molar-refractivity contribution is 5.77. The van der Waals surface area contributed by atoms with Crippen molar-refractivity contribution in [2.24, 2.45) is 0 Å². The first-order valence-corrected chi connectivity index (χ1v) is 2.28. The van der Waals surface area contributed by atoms with E-state index in [-0.39, 0.29) is 0 Å². The molecular weight excluding hydrogens is 140 g/mol. The van der Waals surface area contributed by atoms with Crippen molar-refractivity contribution in [1.29, 1.82) is 0 Å². The van der Waals surface area contributed by atoms with E-state index in [0.717, 1.165) is 0 Å². The van der Waals surface area contributed by atoms with E-state index >= 15 is 0 Å². The minimum atomic E-state index is -3.66. The van der Waals surface area contributed by atoms with E-state index < -0.39 is 30.8 Å². The van der Waals surface area contributed by atoms with Crippen LogP contribution >= 0.6 is 0 Å². The summed E-state index contributed by atoms with van der Waals surface area (Å²) in [6.07, 6.45) is -10.7. The fourth-order valence-corrected chi connectivity index (χ4v) is 0.469. The maximum Gasteiger partial charge on any atom is 0.338 e. The Morgan fingerprint density at radius 1 is 1.80 bits per heavy atom. The molecule has 58 valence electrons. The van der Waals surface area contributed by atoms with Crippen molar-refractivity contribution in [2.75, 3.05) is 6.56 Å². The SMILES string of the molecule is [2H]C([2H])(O)C1([2H])OC(=O)C([2H])(O)C1([2H])O. The number of cyclic esters (lactones) is 1. The van der Waals surface area contributed by atoms with Crippen LogP contribution in [0.3, 0.4) is 0 Å². The summed E-state index contributed by atoms with van der Waals surface area (Å²) < 4.78 is 38.4. The third-order valence-electron chi connectivity index (χ3n) is 0.929. The highest BCUT2D eigenvalue weighted by Crippen LogP contribution is 2.14. The average Bonchev–Trinajstić information content (AvgIpc) is 2.10. The minimum absolute atomic E-state index is 1.88. The Labute approximate surface area is 63.9 Å². The van der Waals surface area contributed by atoms with Gasteiger partial charge in [0.25, 0.3) is 0 Å². The van der Waals surface area contributed by atoms with Crippen LogP contribution in [-0.2, 0) is 9.53 Å². The number of esters is 1. The normalized spacial score (nSPS) is 70.7. The number of hydrogen-bond donors (Lipinski definition) is 3. The van der Waals surface area contributed by atoms with E-state index in [1.54, 1.807) is 0 Å². The predicted octanol–water partition coefficient (Wildman–Crippen LogP) is -2.37. The third kappa shape index (κ3) is 0.985. The van der Waals surface area contributed by atoms with Crippen LogP contribution in [0.5, 0.6) is 0 Å². The molecule has 0 bridgehead atoms. The Bertz CT molecular complexity index is 309. The molecule has 3 unspecified atom stereocenters. The fraction of sp³-hybridized carbons (Fsp3) is 0.800. The molecule has 0 amide bonds. The molecular formula is C5H8O5. The number of ether oxygens (including phenoxy) is 1. The molecule has 1 saturated heterocycles. The van der Waals surface area contributed by atoms with Gasteiger partial charge in [-0.3, -0.25) is 0 Å². The van der Waals surface area contributed by atoms with Gasteiger partial charge in [-0.05, 0) is 0 Å². The Balaban J connectivity index is 3.34. The number of carbonyl (C=O) groups is 1. The summed E-state index contributed by atoms with van der Waals surface area (Å²) in [5.74, 6) is -1.88. The highest BCUT2D eigenvalue weighted by atomic mass is 16.6. The number of rotatable bonds is 1. The molecule has 1 fully saturated rings. The number of carbonyl (C=O) groups excluding carboxylic acids is 1. The van der Waals surface area contributed by atoms with E-state index in [0.29, 0.717) is 0 Å². The molecule has 0 aromatic heterocycles. The van der Waals surface area contributed by atoms with Crippen LogP contribution in [0.2, 0.25) is 0 Å². The van der Waals surface area contributed by atoms with Crippen molar-refractivity contribution in [3.63, 3.8) is 0 Å². The molecule has 0 aliphatic carbocycles. The minimum Gasteiger partial charge on any atom is -0.455 e.